The van der Waals surface area contributed by atoms with E-state index in [2.05, 4.69) is 6.92 Å². The molecule has 33 heavy (non-hydrogen) atoms. The van der Waals surface area contributed by atoms with Gasteiger partial charge in [0.25, 0.3) is 0 Å². The number of aliphatic hydroxyl groups excluding tert-OH is 4. The molecule has 1 aliphatic heterocycles. The predicted molar refractivity (Wildman–Crippen MR) is 114 cm³/mol. The van der Waals surface area contributed by atoms with Crippen LogP contribution in [-0.2, 0) is 16.0 Å². The molecule has 1 aromatic rings. The van der Waals surface area contributed by atoms with Crippen LogP contribution in [0.15, 0.2) is 12.1 Å². The summed E-state index contributed by atoms with van der Waals surface area (Å²) in [5, 5.41) is 60.9. The van der Waals surface area contributed by atoms with E-state index in [4.69, 9.17) is 9.47 Å². The maximum absolute atomic E-state index is 11.3. The second-order valence-corrected chi connectivity index (χ2v) is 10.4. The fourth-order valence-electron chi connectivity index (χ4n) is 6.97. The summed E-state index contributed by atoms with van der Waals surface area (Å²) < 4.78 is 10.8. The average molecular weight is 465 g/mol. The van der Waals surface area contributed by atoms with E-state index in [9.17, 15) is 35.4 Å². The number of ether oxygens (including phenoxy) is 2. The van der Waals surface area contributed by atoms with Crippen molar-refractivity contribution in [3.05, 3.63) is 23.3 Å². The molecule has 10 atom stereocenters. The molecule has 0 bridgehead atoms. The highest BCUT2D eigenvalue weighted by Crippen LogP contribution is 2.61. The summed E-state index contributed by atoms with van der Waals surface area (Å²) in [5.74, 6) is -0.332. The molecule has 0 aromatic heterocycles. The Bertz CT molecular complexity index is 935. The minimum Gasteiger partial charge on any atom is -0.504 e. The second kappa shape index (κ2) is 8.09. The molecular formula is C24H32O9. The smallest absolute Gasteiger partial charge is 0.335 e. The van der Waals surface area contributed by atoms with Gasteiger partial charge in [-0.05, 0) is 73.3 Å². The van der Waals surface area contributed by atoms with Crippen molar-refractivity contribution in [3.63, 3.8) is 0 Å². The first-order valence-corrected chi connectivity index (χ1v) is 11.8. The van der Waals surface area contributed by atoms with E-state index in [0.717, 1.165) is 43.2 Å². The van der Waals surface area contributed by atoms with E-state index in [1.807, 2.05) is 6.07 Å². The van der Waals surface area contributed by atoms with Gasteiger partial charge in [-0.25, -0.2) is 4.79 Å². The molecule has 6 N–H and O–H groups in total. The molecule has 9 nitrogen and oxygen atoms in total. The maximum Gasteiger partial charge on any atom is 0.335 e. The summed E-state index contributed by atoms with van der Waals surface area (Å²) in [6.07, 6.45) is -3.57. The highest BCUT2D eigenvalue weighted by molar-refractivity contribution is 5.73. The topological polar surface area (TPSA) is 157 Å². The Labute approximate surface area is 191 Å². The fourth-order valence-corrected chi connectivity index (χ4v) is 6.97. The lowest BCUT2D eigenvalue weighted by molar-refractivity contribution is -0.271. The zero-order valence-corrected chi connectivity index (χ0v) is 18.5. The Hall–Kier alpha value is -1.91. The lowest BCUT2D eigenvalue weighted by Crippen LogP contribution is -2.61. The quantitative estimate of drug-likeness (QED) is 0.382. The molecule has 3 aliphatic carbocycles. The Morgan fingerprint density at radius 3 is 2.55 bits per heavy atom. The number of carboxylic acid groups (broad SMARTS) is 1. The van der Waals surface area contributed by atoms with Crippen LogP contribution in [0.1, 0.15) is 56.1 Å². The van der Waals surface area contributed by atoms with Crippen LogP contribution in [0.2, 0.25) is 0 Å². The Morgan fingerprint density at radius 2 is 1.82 bits per heavy atom. The van der Waals surface area contributed by atoms with Gasteiger partial charge in [0.15, 0.2) is 17.6 Å². The third kappa shape index (κ3) is 3.44. The zero-order chi connectivity index (χ0) is 23.7. The van der Waals surface area contributed by atoms with E-state index >= 15 is 0 Å². The molecular weight excluding hydrogens is 432 g/mol. The van der Waals surface area contributed by atoms with Gasteiger partial charge in [0.05, 0.1) is 6.10 Å². The number of aromatic hydroxyl groups is 1. The summed E-state index contributed by atoms with van der Waals surface area (Å²) >= 11 is 0. The lowest BCUT2D eigenvalue weighted by Gasteiger charge is -2.50. The van der Waals surface area contributed by atoms with Crippen LogP contribution in [0.3, 0.4) is 0 Å². The number of aliphatic carboxylic acids is 1. The highest BCUT2D eigenvalue weighted by Gasteiger charge is 2.55. The Morgan fingerprint density at radius 1 is 1.06 bits per heavy atom. The van der Waals surface area contributed by atoms with Crippen LogP contribution < -0.4 is 4.74 Å². The van der Waals surface area contributed by atoms with E-state index in [1.54, 1.807) is 6.07 Å². The normalized spacial score (nSPS) is 44.5. The van der Waals surface area contributed by atoms with Gasteiger partial charge in [-0.2, -0.15) is 0 Å². The number of hydrogen-bond donors (Lipinski definition) is 6. The van der Waals surface area contributed by atoms with Gasteiger partial charge in [0.1, 0.15) is 18.3 Å². The summed E-state index contributed by atoms with van der Waals surface area (Å²) in [6, 6.07) is 3.49. The number of rotatable bonds is 3. The second-order valence-electron chi connectivity index (χ2n) is 10.4. The standard InChI is InChI=1S/C24H32O9/c1-24-9-8-11-10-4-6-15(32-23-20(29)18(27)19(28)21(33-23)22(30)31)17(26)13(10)3-2-12(11)14(24)5-7-16(24)25/h4,6,11-12,14,16,18-21,23,25-29H,2-3,5,7-9H2,1H3,(H,30,31)/t11-,12-,14+,16+,18+,19+,20-,21+,23-,24+/m1/s1. The van der Waals surface area contributed by atoms with Crippen molar-refractivity contribution >= 4 is 5.97 Å². The third-order valence-corrected chi connectivity index (χ3v) is 8.85. The average Bonchev–Trinajstić information content (AvgIpc) is 3.09. The van der Waals surface area contributed by atoms with Crippen LogP contribution >= 0.6 is 0 Å². The van der Waals surface area contributed by atoms with Crippen molar-refractivity contribution < 1.29 is 44.9 Å². The largest absolute Gasteiger partial charge is 0.504 e. The number of phenols is 1. The number of carboxylic acids is 1. The molecule has 1 saturated heterocycles. The van der Waals surface area contributed by atoms with Gasteiger partial charge < -0.3 is 40.1 Å². The van der Waals surface area contributed by atoms with Gasteiger partial charge in [0, 0.05) is 5.56 Å². The Kier molecular flexibility index (Phi) is 5.61. The van der Waals surface area contributed by atoms with Crippen molar-refractivity contribution in [2.75, 3.05) is 0 Å². The maximum atomic E-state index is 11.3. The molecule has 2 saturated carbocycles. The van der Waals surface area contributed by atoms with Crippen LogP contribution in [0, 0.1) is 17.3 Å². The number of carbonyl (C=O) groups is 1. The van der Waals surface area contributed by atoms with Crippen molar-refractivity contribution in [1.29, 1.82) is 0 Å². The summed E-state index contributed by atoms with van der Waals surface area (Å²) in [5.41, 5.74) is 1.81. The Balaban J connectivity index is 1.39. The summed E-state index contributed by atoms with van der Waals surface area (Å²) in [4.78, 5) is 11.3. The zero-order valence-electron chi connectivity index (χ0n) is 18.5. The molecule has 182 valence electrons. The van der Waals surface area contributed by atoms with Gasteiger partial charge in [-0.3, -0.25) is 0 Å². The molecule has 0 radical (unpaired) electrons. The van der Waals surface area contributed by atoms with E-state index < -0.39 is 36.7 Å². The molecule has 0 amide bonds. The molecule has 4 aliphatic rings. The number of benzene rings is 1. The van der Waals surface area contributed by atoms with E-state index in [0.29, 0.717) is 24.2 Å². The predicted octanol–water partition coefficient (Wildman–Crippen LogP) is 0.880. The summed E-state index contributed by atoms with van der Waals surface area (Å²) in [7, 11) is 0. The first-order valence-electron chi connectivity index (χ1n) is 11.8. The molecule has 0 unspecified atom stereocenters. The van der Waals surface area contributed by atoms with Crippen LogP contribution in [0.4, 0.5) is 0 Å². The summed E-state index contributed by atoms with van der Waals surface area (Å²) in [6.45, 7) is 2.21. The van der Waals surface area contributed by atoms with Gasteiger partial charge >= 0.3 is 5.97 Å². The monoisotopic (exact) mass is 464 g/mol. The minimum absolute atomic E-state index is 0.0286. The lowest BCUT2D eigenvalue weighted by atomic mass is 9.55. The number of fused-ring (bicyclic) bond motifs is 5. The number of aliphatic hydroxyl groups is 4. The third-order valence-electron chi connectivity index (χ3n) is 8.85. The number of phenolic OH excluding ortho intramolecular Hbond substituents is 1. The molecule has 9 heteroatoms. The van der Waals surface area contributed by atoms with Crippen molar-refractivity contribution in [2.45, 2.75) is 88.2 Å². The van der Waals surface area contributed by atoms with E-state index in [-0.39, 0.29) is 23.0 Å². The highest BCUT2D eigenvalue weighted by atomic mass is 16.7. The van der Waals surface area contributed by atoms with Gasteiger partial charge in [0.2, 0.25) is 6.29 Å². The van der Waals surface area contributed by atoms with Crippen LogP contribution in [0.5, 0.6) is 11.5 Å². The van der Waals surface area contributed by atoms with Crippen LogP contribution in [-0.4, -0.2) is 73.4 Å². The van der Waals surface area contributed by atoms with Crippen molar-refractivity contribution in [1.82, 2.24) is 0 Å². The molecule has 1 aromatic carbocycles. The van der Waals surface area contributed by atoms with Gasteiger partial charge in [-0.1, -0.05) is 13.0 Å². The van der Waals surface area contributed by atoms with Gasteiger partial charge in [-0.15, -0.1) is 0 Å². The minimum atomic E-state index is -1.81. The molecule has 1 heterocycles. The fraction of sp³-hybridized carbons (Fsp3) is 0.708. The first-order chi connectivity index (χ1) is 15.6. The SMILES string of the molecule is C[C@]12CC[C@@H]3c4ccc(O[C@@H]5O[C@H](C(=O)O)[C@@H](O)[C@H](O)[C@H]5O)c(O)c4CC[C@H]3[C@@H]1CC[C@@H]2O. The van der Waals surface area contributed by atoms with Crippen molar-refractivity contribution in [3.8, 4) is 11.5 Å². The molecule has 0 spiro atoms. The first kappa shape index (κ1) is 22.9. The molecule has 3 fully saturated rings. The molecule has 5 rings (SSSR count). The van der Waals surface area contributed by atoms with Crippen molar-refractivity contribution in [2.24, 2.45) is 17.3 Å². The number of hydrogen-bond acceptors (Lipinski definition) is 8. The van der Waals surface area contributed by atoms with Crippen LogP contribution in [0.25, 0.3) is 0 Å². The van der Waals surface area contributed by atoms with E-state index in [1.165, 1.54) is 0 Å².